The Morgan fingerprint density at radius 1 is 1.24 bits per heavy atom. The third kappa shape index (κ3) is 3.95. The van der Waals surface area contributed by atoms with Crippen molar-refractivity contribution in [2.75, 3.05) is 6.61 Å². The Kier molecular flexibility index (Phi) is 4.70. The van der Waals surface area contributed by atoms with Gasteiger partial charge in [-0.2, -0.15) is 5.26 Å². The number of hydrogen-bond donors (Lipinski definition) is 1. The quantitative estimate of drug-likeness (QED) is 0.610. The van der Waals surface area contributed by atoms with Crippen LogP contribution in [0.4, 0.5) is 0 Å². The molecule has 1 amide bonds. The molecule has 17 heavy (non-hydrogen) atoms. The summed E-state index contributed by atoms with van der Waals surface area (Å²) in [5.41, 5.74) is 5.76. The maximum atomic E-state index is 11.5. The number of carbonyl (C=O) groups is 2. The summed E-state index contributed by atoms with van der Waals surface area (Å²) in [6.45, 7) is 0.212. The molecule has 0 aromatic heterocycles. The molecule has 0 radical (unpaired) electrons. The zero-order valence-electron chi connectivity index (χ0n) is 9.18. The Labute approximate surface area is 98.8 Å². The van der Waals surface area contributed by atoms with Gasteiger partial charge >= 0.3 is 5.97 Å². The number of hydrogen-bond acceptors (Lipinski definition) is 4. The molecule has 0 atom stereocenters. The van der Waals surface area contributed by atoms with Crippen LogP contribution in [0.3, 0.4) is 0 Å². The van der Waals surface area contributed by atoms with Crippen molar-refractivity contribution < 1.29 is 14.3 Å². The van der Waals surface area contributed by atoms with Crippen LogP contribution in [0, 0.1) is 11.3 Å². The molecule has 5 nitrogen and oxygen atoms in total. The van der Waals surface area contributed by atoms with Crippen LogP contribution in [-0.4, -0.2) is 18.5 Å². The predicted molar refractivity (Wildman–Crippen MR) is 60.1 cm³/mol. The number of primary amides is 1. The number of ether oxygens (including phenoxy) is 1. The van der Waals surface area contributed by atoms with Crippen molar-refractivity contribution in [2.24, 2.45) is 5.73 Å². The minimum atomic E-state index is -0.543. The van der Waals surface area contributed by atoms with Gasteiger partial charge in [0.25, 0.3) is 0 Å². The molecule has 0 saturated carbocycles. The molecule has 0 unspecified atom stereocenters. The van der Waals surface area contributed by atoms with Crippen molar-refractivity contribution in [3.63, 3.8) is 0 Å². The summed E-state index contributed by atoms with van der Waals surface area (Å²) in [6.07, 6.45) is 0.871. The predicted octanol–water partition coefficient (Wildman–Crippen LogP) is 1.25. The lowest BCUT2D eigenvalue weighted by molar-refractivity contribution is 0.0501. The van der Waals surface area contributed by atoms with E-state index < -0.39 is 11.9 Å². The van der Waals surface area contributed by atoms with Crippen LogP contribution in [0.2, 0.25) is 0 Å². The Balaban J connectivity index is 2.52. The average Bonchev–Trinajstić information content (AvgIpc) is 2.34. The third-order valence-electron chi connectivity index (χ3n) is 2.07. The molecule has 1 aromatic rings. The van der Waals surface area contributed by atoms with Crippen LogP contribution in [-0.2, 0) is 4.74 Å². The standard InChI is InChI=1S/C12H12N2O3/c13-7-1-2-8-17-12(16)10-5-3-9(4-6-10)11(14)15/h3-6H,1-2,8H2,(H2,14,15). The Morgan fingerprint density at radius 2 is 1.82 bits per heavy atom. The fraction of sp³-hybridized carbons (Fsp3) is 0.250. The molecule has 0 bridgehead atoms. The lowest BCUT2D eigenvalue weighted by Gasteiger charge is -2.03. The highest BCUT2D eigenvalue weighted by Gasteiger charge is 2.07. The highest BCUT2D eigenvalue weighted by Crippen LogP contribution is 2.06. The van der Waals surface area contributed by atoms with E-state index in [1.54, 1.807) is 0 Å². The zero-order chi connectivity index (χ0) is 12.7. The van der Waals surface area contributed by atoms with E-state index >= 15 is 0 Å². The first-order valence-electron chi connectivity index (χ1n) is 5.09. The largest absolute Gasteiger partial charge is 0.462 e. The maximum Gasteiger partial charge on any atom is 0.338 e. The van der Waals surface area contributed by atoms with Gasteiger partial charge in [0.2, 0.25) is 5.91 Å². The van der Waals surface area contributed by atoms with Gasteiger partial charge in [-0.05, 0) is 30.7 Å². The smallest absolute Gasteiger partial charge is 0.338 e. The summed E-state index contributed by atoms with van der Waals surface area (Å²) in [5.74, 6) is -1.02. The van der Waals surface area contributed by atoms with Gasteiger partial charge in [-0.15, -0.1) is 0 Å². The minimum absolute atomic E-state index is 0.212. The highest BCUT2D eigenvalue weighted by molar-refractivity contribution is 5.95. The number of rotatable bonds is 5. The summed E-state index contributed by atoms with van der Waals surface area (Å²) in [6, 6.07) is 7.85. The van der Waals surface area contributed by atoms with Crippen molar-refractivity contribution in [1.82, 2.24) is 0 Å². The summed E-state index contributed by atoms with van der Waals surface area (Å²) >= 11 is 0. The number of esters is 1. The lowest BCUT2D eigenvalue weighted by atomic mass is 10.1. The number of unbranched alkanes of at least 4 members (excludes halogenated alkanes) is 1. The Hall–Kier alpha value is -2.35. The molecule has 0 spiro atoms. The molecular formula is C12H12N2O3. The van der Waals surface area contributed by atoms with Gasteiger partial charge in [0.05, 0.1) is 18.2 Å². The van der Waals surface area contributed by atoms with Crippen LogP contribution in [0.25, 0.3) is 0 Å². The number of nitrogens with two attached hydrogens (primary N) is 1. The van der Waals surface area contributed by atoms with E-state index in [-0.39, 0.29) is 6.61 Å². The molecule has 2 N–H and O–H groups in total. The maximum absolute atomic E-state index is 11.5. The first kappa shape index (κ1) is 12.7. The molecule has 0 saturated heterocycles. The Bertz CT molecular complexity index is 446. The molecule has 0 fully saturated rings. The van der Waals surface area contributed by atoms with Crippen molar-refractivity contribution in [1.29, 1.82) is 5.26 Å². The van der Waals surface area contributed by atoms with Crippen LogP contribution in [0.1, 0.15) is 33.6 Å². The van der Waals surface area contributed by atoms with E-state index in [1.807, 2.05) is 6.07 Å². The van der Waals surface area contributed by atoms with Crippen molar-refractivity contribution >= 4 is 11.9 Å². The molecule has 0 aliphatic heterocycles. The van der Waals surface area contributed by atoms with Crippen LogP contribution in [0.5, 0.6) is 0 Å². The van der Waals surface area contributed by atoms with Crippen LogP contribution >= 0.6 is 0 Å². The van der Waals surface area contributed by atoms with E-state index in [1.165, 1.54) is 24.3 Å². The van der Waals surface area contributed by atoms with E-state index in [9.17, 15) is 9.59 Å². The average molecular weight is 232 g/mol. The van der Waals surface area contributed by atoms with E-state index in [4.69, 9.17) is 15.7 Å². The first-order chi connectivity index (χ1) is 8.15. The summed E-state index contributed by atoms with van der Waals surface area (Å²) in [5, 5.41) is 8.30. The zero-order valence-corrected chi connectivity index (χ0v) is 9.18. The SMILES string of the molecule is N#CCCCOC(=O)c1ccc(C(N)=O)cc1. The van der Waals surface area contributed by atoms with E-state index in [2.05, 4.69) is 0 Å². The van der Waals surface area contributed by atoms with Crippen molar-refractivity contribution in [2.45, 2.75) is 12.8 Å². The first-order valence-corrected chi connectivity index (χ1v) is 5.09. The van der Waals surface area contributed by atoms with Gasteiger partial charge in [0.1, 0.15) is 0 Å². The second-order valence-electron chi connectivity index (χ2n) is 3.34. The highest BCUT2D eigenvalue weighted by atomic mass is 16.5. The lowest BCUT2D eigenvalue weighted by Crippen LogP contribution is -2.11. The van der Waals surface area contributed by atoms with Gasteiger partial charge in [0, 0.05) is 12.0 Å². The molecule has 1 rings (SSSR count). The van der Waals surface area contributed by atoms with Gasteiger partial charge < -0.3 is 10.5 Å². The normalized spacial score (nSPS) is 9.35. The molecule has 1 aromatic carbocycles. The fourth-order valence-electron chi connectivity index (χ4n) is 1.17. The summed E-state index contributed by atoms with van der Waals surface area (Å²) in [7, 11) is 0. The molecular weight excluding hydrogens is 220 g/mol. The molecule has 88 valence electrons. The molecule has 0 aliphatic carbocycles. The number of amides is 1. The summed E-state index contributed by atoms with van der Waals surface area (Å²) in [4.78, 5) is 22.3. The fourth-order valence-corrected chi connectivity index (χ4v) is 1.17. The third-order valence-corrected chi connectivity index (χ3v) is 2.07. The second kappa shape index (κ2) is 6.28. The number of nitriles is 1. The van der Waals surface area contributed by atoms with E-state index in [0.29, 0.717) is 24.0 Å². The second-order valence-corrected chi connectivity index (χ2v) is 3.34. The van der Waals surface area contributed by atoms with Gasteiger partial charge in [-0.3, -0.25) is 4.79 Å². The number of nitrogens with zero attached hydrogens (tertiary/aromatic N) is 1. The van der Waals surface area contributed by atoms with Gasteiger partial charge in [-0.25, -0.2) is 4.79 Å². The van der Waals surface area contributed by atoms with E-state index in [0.717, 1.165) is 0 Å². The van der Waals surface area contributed by atoms with Crippen LogP contribution < -0.4 is 5.73 Å². The van der Waals surface area contributed by atoms with Crippen molar-refractivity contribution in [3.05, 3.63) is 35.4 Å². The molecule has 0 heterocycles. The number of carbonyl (C=O) groups excluding carboxylic acids is 2. The Morgan fingerprint density at radius 3 is 2.35 bits per heavy atom. The van der Waals surface area contributed by atoms with Gasteiger partial charge in [-0.1, -0.05) is 0 Å². The van der Waals surface area contributed by atoms with Gasteiger partial charge in [0.15, 0.2) is 0 Å². The molecule has 5 heteroatoms. The number of benzene rings is 1. The minimum Gasteiger partial charge on any atom is -0.462 e. The van der Waals surface area contributed by atoms with Crippen molar-refractivity contribution in [3.8, 4) is 6.07 Å². The summed E-state index contributed by atoms with van der Waals surface area (Å²) < 4.78 is 4.92. The topological polar surface area (TPSA) is 93.2 Å². The van der Waals surface area contributed by atoms with Crippen LogP contribution in [0.15, 0.2) is 24.3 Å². The monoisotopic (exact) mass is 232 g/mol. The molecule has 0 aliphatic rings.